The van der Waals surface area contributed by atoms with Gasteiger partial charge in [-0.2, -0.15) is 0 Å². The summed E-state index contributed by atoms with van der Waals surface area (Å²) < 4.78 is 18.5. The molecule has 0 unspecified atom stereocenters. The van der Waals surface area contributed by atoms with E-state index in [1.165, 1.54) is 0 Å². The minimum atomic E-state index is -0.676. The molecule has 0 aromatic carbocycles. The molecule has 0 saturated heterocycles. The molecule has 2 rings (SSSR count). The van der Waals surface area contributed by atoms with E-state index in [-0.39, 0.29) is 6.04 Å². The number of hydrogen-bond acceptors (Lipinski definition) is 2. The summed E-state index contributed by atoms with van der Waals surface area (Å²) in [5, 5.41) is 3.21. The molecule has 0 radical (unpaired) electrons. The Morgan fingerprint density at radius 1 is 1.57 bits per heavy atom. The van der Waals surface area contributed by atoms with Crippen LogP contribution in [0, 0.1) is 6.92 Å². The summed E-state index contributed by atoms with van der Waals surface area (Å²) in [7, 11) is 0. The molecule has 2 nitrogen and oxygen atoms in total. The first-order valence-electron chi connectivity index (χ1n) is 5.18. The maximum atomic E-state index is 13.2. The molecular formula is C11H16FNO. The van der Waals surface area contributed by atoms with E-state index < -0.39 is 6.17 Å². The van der Waals surface area contributed by atoms with Gasteiger partial charge in [0.25, 0.3) is 0 Å². The highest BCUT2D eigenvalue weighted by atomic mass is 19.1. The summed E-state index contributed by atoms with van der Waals surface area (Å²) in [6.45, 7) is 2.64. The van der Waals surface area contributed by atoms with Gasteiger partial charge in [0.05, 0.1) is 12.8 Å². The molecular weight excluding hydrogens is 181 g/mol. The molecule has 14 heavy (non-hydrogen) atoms. The number of nitrogens with one attached hydrogen (secondary N) is 1. The second-order valence-electron chi connectivity index (χ2n) is 3.96. The van der Waals surface area contributed by atoms with Crippen molar-refractivity contribution in [2.45, 2.75) is 44.9 Å². The lowest BCUT2D eigenvalue weighted by molar-refractivity contribution is 0.274. The molecule has 0 bridgehead atoms. The van der Waals surface area contributed by atoms with Crippen LogP contribution in [-0.2, 0) is 6.54 Å². The van der Waals surface area contributed by atoms with Crippen LogP contribution in [-0.4, -0.2) is 12.2 Å². The number of rotatable bonds is 3. The van der Waals surface area contributed by atoms with Crippen LogP contribution in [0.25, 0.3) is 0 Å². The zero-order chi connectivity index (χ0) is 9.97. The van der Waals surface area contributed by atoms with Crippen molar-refractivity contribution in [3.8, 4) is 0 Å². The van der Waals surface area contributed by atoms with E-state index in [9.17, 15) is 4.39 Å². The van der Waals surface area contributed by atoms with Crippen molar-refractivity contribution >= 4 is 0 Å². The largest absolute Gasteiger partial charge is 0.468 e. The van der Waals surface area contributed by atoms with Crippen molar-refractivity contribution in [3.63, 3.8) is 0 Å². The summed E-state index contributed by atoms with van der Waals surface area (Å²) >= 11 is 0. The summed E-state index contributed by atoms with van der Waals surface area (Å²) in [6.07, 6.45) is 3.64. The molecule has 1 saturated carbocycles. The fourth-order valence-corrected chi connectivity index (χ4v) is 1.95. The summed E-state index contributed by atoms with van der Waals surface area (Å²) in [4.78, 5) is 0. The molecule has 0 amide bonds. The van der Waals surface area contributed by atoms with Gasteiger partial charge in [-0.15, -0.1) is 0 Å². The van der Waals surface area contributed by atoms with Crippen molar-refractivity contribution in [2.24, 2.45) is 0 Å². The molecule has 0 aliphatic heterocycles. The van der Waals surface area contributed by atoms with Crippen molar-refractivity contribution in [3.05, 3.63) is 23.7 Å². The van der Waals surface area contributed by atoms with Gasteiger partial charge in [0.1, 0.15) is 11.9 Å². The molecule has 0 spiro atoms. The van der Waals surface area contributed by atoms with Gasteiger partial charge in [-0.25, -0.2) is 4.39 Å². The van der Waals surface area contributed by atoms with Gasteiger partial charge in [-0.3, -0.25) is 0 Å². The molecule has 2 atom stereocenters. The van der Waals surface area contributed by atoms with E-state index in [4.69, 9.17) is 4.42 Å². The highest BCUT2D eigenvalue weighted by Gasteiger charge is 2.26. The van der Waals surface area contributed by atoms with E-state index in [1.807, 2.05) is 13.0 Å². The lowest BCUT2D eigenvalue weighted by atomic mass is 10.2. The van der Waals surface area contributed by atoms with Crippen LogP contribution in [0.2, 0.25) is 0 Å². The van der Waals surface area contributed by atoms with E-state index in [0.29, 0.717) is 13.0 Å². The number of hydrogen-bond donors (Lipinski definition) is 1. The normalized spacial score (nSPS) is 27.0. The lowest BCUT2D eigenvalue weighted by Crippen LogP contribution is -2.32. The Balaban J connectivity index is 1.85. The predicted octanol–water partition coefficient (Wildman–Crippen LogP) is 2.57. The standard InChI is InChI=1S/C11H16FNO/c1-8-5-6-14-11(8)7-13-10-4-2-3-9(10)12/h5-6,9-10,13H,2-4,7H2,1H3/t9-,10+/m1/s1. The van der Waals surface area contributed by atoms with Crippen LogP contribution in [0.4, 0.5) is 4.39 Å². The van der Waals surface area contributed by atoms with Crippen LogP contribution in [0.15, 0.2) is 16.7 Å². The first kappa shape index (κ1) is 9.71. The Kier molecular flexibility index (Phi) is 2.87. The highest BCUT2D eigenvalue weighted by molar-refractivity contribution is 5.14. The number of aryl methyl sites for hydroxylation is 1. The lowest BCUT2D eigenvalue weighted by Gasteiger charge is -2.13. The van der Waals surface area contributed by atoms with Gasteiger partial charge in [-0.1, -0.05) is 0 Å². The average molecular weight is 197 g/mol. The Morgan fingerprint density at radius 2 is 2.43 bits per heavy atom. The molecule has 1 aliphatic carbocycles. The van der Waals surface area contributed by atoms with Crippen molar-refractivity contribution in [1.29, 1.82) is 0 Å². The SMILES string of the molecule is Cc1ccoc1CN[C@H]1CCC[C@H]1F. The monoisotopic (exact) mass is 197 g/mol. The number of alkyl halides is 1. The third-order valence-electron chi connectivity index (χ3n) is 2.92. The topological polar surface area (TPSA) is 25.2 Å². The minimum absolute atomic E-state index is 0.0273. The Bertz CT molecular complexity index is 297. The third kappa shape index (κ3) is 1.98. The molecule has 78 valence electrons. The summed E-state index contributed by atoms with van der Waals surface area (Å²) in [5.41, 5.74) is 1.13. The van der Waals surface area contributed by atoms with Crippen LogP contribution in [0.1, 0.15) is 30.6 Å². The maximum absolute atomic E-state index is 13.2. The van der Waals surface area contributed by atoms with Crippen LogP contribution < -0.4 is 5.32 Å². The van der Waals surface area contributed by atoms with E-state index in [2.05, 4.69) is 5.32 Å². The van der Waals surface area contributed by atoms with Gasteiger partial charge >= 0.3 is 0 Å². The second-order valence-corrected chi connectivity index (χ2v) is 3.96. The van der Waals surface area contributed by atoms with E-state index >= 15 is 0 Å². The van der Waals surface area contributed by atoms with Crippen molar-refractivity contribution < 1.29 is 8.81 Å². The smallest absolute Gasteiger partial charge is 0.120 e. The second kappa shape index (κ2) is 4.13. The highest BCUT2D eigenvalue weighted by Crippen LogP contribution is 2.22. The molecule has 1 N–H and O–H groups in total. The summed E-state index contributed by atoms with van der Waals surface area (Å²) in [6, 6.07) is 1.96. The van der Waals surface area contributed by atoms with Gasteiger partial charge in [0, 0.05) is 6.04 Å². The number of furan rings is 1. The molecule has 1 aliphatic rings. The van der Waals surface area contributed by atoms with Crippen LogP contribution >= 0.6 is 0 Å². The first-order valence-corrected chi connectivity index (χ1v) is 5.18. The minimum Gasteiger partial charge on any atom is -0.468 e. The predicted molar refractivity (Wildman–Crippen MR) is 52.8 cm³/mol. The summed E-state index contributed by atoms with van der Waals surface area (Å²) in [5.74, 6) is 0.920. The van der Waals surface area contributed by atoms with E-state index in [0.717, 1.165) is 24.2 Å². The fraction of sp³-hybridized carbons (Fsp3) is 0.636. The van der Waals surface area contributed by atoms with E-state index in [1.54, 1.807) is 6.26 Å². The first-order chi connectivity index (χ1) is 6.77. The Morgan fingerprint density at radius 3 is 3.00 bits per heavy atom. The molecule has 1 fully saturated rings. The molecule has 1 aromatic rings. The fourth-order valence-electron chi connectivity index (χ4n) is 1.95. The van der Waals surface area contributed by atoms with Crippen molar-refractivity contribution in [1.82, 2.24) is 5.32 Å². The van der Waals surface area contributed by atoms with Crippen LogP contribution in [0.5, 0.6) is 0 Å². The molecule has 3 heteroatoms. The third-order valence-corrected chi connectivity index (χ3v) is 2.92. The maximum Gasteiger partial charge on any atom is 0.120 e. The quantitative estimate of drug-likeness (QED) is 0.805. The molecule has 1 heterocycles. The number of halogens is 1. The van der Waals surface area contributed by atoms with Gasteiger partial charge in [0.2, 0.25) is 0 Å². The van der Waals surface area contributed by atoms with Gasteiger partial charge in [0.15, 0.2) is 0 Å². The zero-order valence-corrected chi connectivity index (χ0v) is 8.42. The van der Waals surface area contributed by atoms with Crippen molar-refractivity contribution in [2.75, 3.05) is 0 Å². The zero-order valence-electron chi connectivity index (χ0n) is 8.42. The Hall–Kier alpha value is -0.830. The van der Waals surface area contributed by atoms with Gasteiger partial charge < -0.3 is 9.73 Å². The molecule has 1 aromatic heterocycles. The van der Waals surface area contributed by atoms with Crippen LogP contribution in [0.3, 0.4) is 0 Å². The van der Waals surface area contributed by atoms with Gasteiger partial charge in [-0.05, 0) is 37.8 Å². The Labute approximate surface area is 83.5 Å². The average Bonchev–Trinajstić information content (AvgIpc) is 2.72.